The summed E-state index contributed by atoms with van der Waals surface area (Å²) < 4.78 is 24.8. The van der Waals surface area contributed by atoms with E-state index in [1.165, 1.54) is 12.1 Å². The molecule has 18 heavy (non-hydrogen) atoms. The van der Waals surface area contributed by atoms with E-state index < -0.39 is 6.43 Å². The zero-order valence-electron chi connectivity index (χ0n) is 10.1. The summed E-state index contributed by atoms with van der Waals surface area (Å²) in [6.07, 6.45) is 0.649. The summed E-state index contributed by atoms with van der Waals surface area (Å²) in [5.41, 5.74) is 1.03. The summed E-state index contributed by atoms with van der Waals surface area (Å²) in [5.74, 6) is 0.0883. The minimum Gasteiger partial charge on any atom is -0.309 e. The standard InChI is InChI=1S/C14H16F2N2/c15-14(16)11-6-4-10(5-7-11)9-18-13-3-1-2-12(13)8-17/h4-7,12-14,18H,1-3,9H2. The molecular formula is C14H16F2N2. The van der Waals surface area contributed by atoms with Gasteiger partial charge in [-0.3, -0.25) is 0 Å². The van der Waals surface area contributed by atoms with Gasteiger partial charge in [-0.05, 0) is 18.4 Å². The number of benzene rings is 1. The predicted molar refractivity (Wildman–Crippen MR) is 65.0 cm³/mol. The van der Waals surface area contributed by atoms with E-state index in [-0.39, 0.29) is 17.5 Å². The number of hydrogen-bond acceptors (Lipinski definition) is 2. The largest absolute Gasteiger partial charge is 0.309 e. The first kappa shape index (κ1) is 13.0. The number of hydrogen-bond donors (Lipinski definition) is 1. The van der Waals surface area contributed by atoms with Crippen molar-refractivity contribution in [3.8, 4) is 6.07 Å². The van der Waals surface area contributed by atoms with Crippen molar-refractivity contribution in [2.75, 3.05) is 0 Å². The maximum absolute atomic E-state index is 12.4. The first-order valence-corrected chi connectivity index (χ1v) is 6.20. The van der Waals surface area contributed by atoms with Crippen molar-refractivity contribution in [2.45, 2.75) is 38.3 Å². The second kappa shape index (κ2) is 5.92. The molecule has 2 rings (SSSR count). The van der Waals surface area contributed by atoms with Crippen LogP contribution in [0.25, 0.3) is 0 Å². The lowest BCUT2D eigenvalue weighted by atomic mass is 10.1. The summed E-state index contributed by atoms with van der Waals surface area (Å²) in [7, 11) is 0. The summed E-state index contributed by atoms with van der Waals surface area (Å²) in [6.45, 7) is 0.631. The zero-order valence-corrected chi connectivity index (χ0v) is 10.1. The molecule has 1 aliphatic carbocycles. The van der Waals surface area contributed by atoms with Gasteiger partial charge in [0.1, 0.15) is 0 Å². The molecule has 2 unspecified atom stereocenters. The first-order chi connectivity index (χ1) is 8.70. The SMILES string of the molecule is N#CC1CCCC1NCc1ccc(C(F)F)cc1. The molecule has 1 fully saturated rings. The van der Waals surface area contributed by atoms with Gasteiger partial charge in [0.2, 0.25) is 0 Å². The van der Waals surface area contributed by atoms with Crippen molar-refractivity contribution >= 4 is 0 Å². The van der Waals surface area contributed by atoms with Crippen molar-refractivity contribution in [1.29, 1.82) is 5.26 Å². The highest BCUT2D eigenvalue weighted by molar-refractivity contribution is 5.23. The van der Waals surface area contributed by atoms with Gasteiger partial charge in [-0.25, -0.2) is 8.78 Å². The molecule has 0 aliphatic heterocycles. The van der Waals surface area contributed by atoms with E-state index in [2.05, 4.69) is 11.4 Å². The van der Waals surface area contributed by atoms with E-state index in [9.17, 15) is 8.78 Å². The molecule has 0 amide bonds. The second-order valence-corrected chi connectivity index (χ2v) is 4.70. The highest BCUT2D eigenvalue weighted by Crippen LogP contribution is 2.25. The Kier molecular flexibility index (Phi) is 4.27. The molecule has 1 aromatic rings. The Hall–Kier alpha value is -1.47. The fraction of sp³-hybridized carbons (Fsp3) is 0.500. The van der Waals surface area contributed by atoms with Gasteiger partial charge < -0.3 is 5.32 Å². The van der Waals surface area contributed by atoms with Crippen LogP contribution in [-0.2, 0) is 6.54 Å². The van der Waals surface area contributed by atoms with E-state index in [1.807, 2.05) is 0 Å². The third kappa shape index (κ3) is 3.05. The van der Waals surface area contributed by atoms with Gasteiger partial charge in [0.05, 0.1) is 12.0 Å². The number of rotatable bonds is 4. The highest BCUT2D eigenvalue weighted by atomic mass is 19.3. The van der Waals surface area contributed by atoms with Crippen LogP contribution in [0.4, 0.5) is 8.78 Å². The minimum absolute atomic E-state index is 0.0505. The highest BCUT2D eigenvalue weighted by Gasteiger charge is 2.26. The van der Waals surface area contributed by atoms with Gasteiger partial charge in [0.25, 0.3) is 6.43 Å². The van der Waals surface area contributed by atoms with Gasteiger partial charge in [-0.15, -0.1) is 0 Å². The molecule has 2 nitrogen and oxygen atoms in total. The van der Waals surface area contributed by atoms with Crippen LogP contribution < -0.4 is 5.32 Å². The first-order valence-electron chi connectivity index (χ1n) is 6.20. The lowest BCUT2D eigenvalue weighted by molar-refractivity contribution is 0.151. The molecule has 0 heterocycles. The number of halogens is 2. The van der Waals surface area contributed by atoms with Crippen molar-refractivity contribution in [3.63, 3.8) is 0 Å². The molecule has 2 atom stereocenters. The van der Waals surface area contributed by atoms with E-state index >= 15 is 0 Å². The summed E-state index contributed by atoms with van der Waals surface area (Å²) in [6, 6.07) is 8.89. The Bertz CT molecular complexity index is 422. The van der Waals surface area contributed by atoms with Crippen molar-refractivity contribution in [2.24, 2.45) is 5.92 Å². The lowest BCUT2D eigenvalue weighted by Gasteiger charge is -2.15. The van der Waals surface area contributed by atoms with Crippen LogP contribution in [0, 0.1) is 17.2 Å². The molecule has 0 radical (unpaired) electrons. The number of nitrogens with zero attached hydrogens (tertiary/aromatic N) is 1. The fourth-order valence-corrected chi connectivity index (χ4v) is 2.39. The van der Waals surface area contributed by atoms with E-state index in [4.69, 9.17) is 5.26 Å². The molecule has 1 saturated carbocycles. The second-order valence-electron chi connectivity index (χ2n) is 4.70. The molecule has 0 saturated heterocycles. The number of alkyl halides is 2. The maximum atomic E-state index is 12.4. The van der Waals surface area contributed by atoms with E-state index in [1.54, 1.807) is 12.1 Å². The average Bonchev–Trinajstić information content (AvgIpc) is 2.84. The number of nitrogens with one attached hydrogen (secondary N) is 1. The van der Waals surface area contributed by atoms with Gasteiger partial charge in [0.15, 0.2) is 0 Å². The van der Waals surface area contributed by atoms with Crippen molar-refractivity contribution < 1.29 is 8.78 Å². The van der Waals surface area contributed by atoms with Crippen LogP contribution in [0.3, 0.4) is 0 Å². The molecule has 96 valence electrons. The molecule has 4 heteroatoms. The number of nitriles is 1. The molecule has 0 aromatic heterocycles. The quantitative estimate of drug-likeness (QED) is 0.888. The molecule has 1 aromatic carbocycles. The van der Waals surface area contributed by atoms with Crippen LogP contribution in [-0.4, -0.2) is 6.04 Å². The monoisotopic (exact) mass is 250 g/mol. The third-order valence-electron chi connectivity index (χ3n) is 3.48. The topological polar surface area (TPSA) is 35.8 Å². The van der Waals surface area contributed by atoms with Gasteiger partial charge in [-0.2, -0.15) is 5.26 Å². The van der Waals surface area contributed by atoms with Crippen LogP contribution >= 0.6 is 0 Å². The Labute approximate surface area is 106 Å². The third-order valence-corrected chi connectivity index (χ3v) is 3.48. The molecule has 0 spiro atoms. The van der Waals surface area contributed by atoms with Gasteiger partial charge in [-0.1, -0.05) is 30.7 Å². The maximum Gasteiger partial charge on any atom is 0.263 e. The van der Waals surface area contributed by atoms with Crippen LogP contribution in [0.15, 0.2) is 24.3 Å². The minimum atomic E-state index is -2.41. The Morgan fingerprint density at radius 2 is 2.00 bits per heavy atom. The Morgan fingerprint density at radius 1 is 1.28 bits per heavy atom. The molecule has 1 aliphatic rings. The smallest absolute Gasteiger partial charge is 0.263 e. The van der Waals surface area contributed by atoms with Gasteiger partial charge >= 0.3 is 0 Å². The normalized spacial score (nSPS) is 23.2. The molecule has 0 bridgehead atoms. The lowest BCUT2D eigenvalue weighted by Crippen LogP contribution is -2.31. The molecular weight excluding hydrogens is 234 g/mol. The Morgan fingerprint density at radius 3 is 2.61 bits per heavy atom. The average molecular weight is 250 g/mol. The van der Waals surface area contributed by atoms with Crippen LogP contribution in [0.5, 0.6) is 0 Å². The van der Waals surface area contributed by atoms with Crippen molar-refractivity contribution in [3.05, 3.63) is 35.4 Å². The van der Waals surface area contributed by atoms with E-state index in [0.29, 0.717) is 6.54 Å². The van der Waals surface area contributed by atoms with Crippen LogP contribution in [0.1, 0.15) is 36.8 Å². The van der Waals surface area contributed by atoms with Crippen LogP contribution in [0.2, 0.25) is 0 Å². The summed E-state index contributed by atoms with van der Waals surface area (Å²) >= 11 is 0. The fourth-order valence-electron chi connectivity index (χ4n) is 2.39. The molecule has 1 N–H and O–H groups in total. The summed E-state index contributed by atoms with van der Waals surface area (Å²) in [5, 5.41) is 12.3. The summed E-state index contributed by atoms with van der Waals surface area (Å²) in [4.78, 5) is 0. The van der Waals surface area contributed by atoms with Gasteiger partial charge in [0, 0.05) is 18.2 Å². The van der Waals surface area contributed by atoms with Crippen molar-refractivity contribution in [1.82, 2.24) is 5.32 Å². The predicted octanol–water partition coefficient (Wildman–Crippen LogP) is 3.41. The Balaban J connectivity index is 1.88. The zero-order chi connectivity index (χ0) is 13.0. The van der Waals surface area contributed by atoms with E-state index in [0.717, 1.165) is 24.8 Å².